The van der Waals surface area contributed by atoms with E-state index in [0.29, 0.717) is 11.6 Å². The maximum absolute atomic E-state index is 11.5. The molecule has 0 unspecified atom stereocenters. The molecule has 1 aromatic carbocycles. The molecule has 5 heteroatoms. The second-order valence-electron chi connectivity index (χ2n) is 8.63. The fourth-order valence-electron chi connectivity index (χ4n) is 3.96. The first-order valence-corrected chi connectivity index (χ1v) is 11.7. The fraction of sp³-hybridized carbons (Fsp3) is 0.481. The first-order valence-electron chi connectivity index (χ1n) is 11.3. The van der Waals surface area contributed by atoms with E-state index in [9.17, 15) is 9.59 Å². The average molecular weight is 459 g/mol. The lowest BCUT2D eigenvalue weighted by atomic mass is 9.88. The molecule has 1 aliphatic rings. The number of allylic oxidation sites excluding steroid dienone is 4. The Hall–Kier alpha value is -2.33. The molecular weight excluding hydrogens is 420 g/mol. The molecule has 0 saturated heterocycles. The van der Waals surface area contributed by atoms with Crippen molar-refractivity contribution in [2.45, 2.75) is 78.8 Å². The van der Waals surface area contributed by atoms with E-state index in [1.54, 1.807) is 19.9 Å². The van der Waals surface area contributed by atoms with Crippen molar-refractivity contribution in [1.29, 1.82) is 0 Å². The summed E-state index contributed by atoms with van der Waals surface area (Å²) < 4.78 is 0. The Kier molecular flexibility index (Phi) is 10.9. The van der Waals surface area contributed by atoms with Crippen molar-refractivity contribution in [1.82, 2.24) is 10.2 Å². The molecule has 2 rings (SSSR count). The van der Waals surface area contributed by atoms with E-state index in [1.165, 1.54) is 5.56 Å². The van der Waals surface area contributed by atoms with Gasteiger partial charge < -0.3 is 10.2 Å². The lowest BCUT2D eigenvalue weighted by molar-refractivity contribution is -0.129. The van der Waals surface area contributed by atoms with Crippen molar-refractivity contribution in [2.75, 3.05) is 7.05 Å². The topological polar surface area (TPSA) is 49.4 Å². The molecule has 0 spiro atoms. The number of nitrogens with zero attached hydrogens (tertiary/aromatic N) is 1. The molecule has 0 aromatic heterocycles. The molecule has 4 nitrogen and oxygen atoms in total. The molecule has 1 aromatic rings. The fourth-order valence-corrected chi connectivity index (χ4v) is 4.08. The number of amides is 1. The maximum Gasteiger partial charge on any atom is 0.219 e. The minimum atomic E-state index is -0.177. The second-order valence-corrected chi connectivity index (χ2v) is 9.07. The predicted molar refractivity (Wildman–Crippen MR) is 136 cm³/mol. The van der Waals surface area contributed by atoms with Crippen LogP contribution in [-0.2, 0) is 15.1 Å². The van der Waals surface area contributed by atoms with Gasteiger partial charge in [0.25, 0.3) is 0 Å². The van der Waals surface area contributed by atoms with Crippen LogP contribution in [0.5, 0.6) is 0 Å². The standard InChI is InChI=1S/C18H20ClNO.C9H19NO/c1-5-14(13(3)21)10-15-11-18(4,20-12(15)2)16-6-8-17(19)9-7-16;1-5-7-9(6-2)10(4)8(3)11/h5-10,20H,1,11H2,2-4H3;9H,5-7H2,1-4H3/b14-10+;/t18-;9-/m11/s1. The number of halogens is 1. The second kappa shape index (κ2) is 12.6. The molecule has 1 N–H and O–H groups in total. The number of Topliss-reactive ketones (excluding diaryl/α,β-unsaturated/α-hetero) is 1. The van der Waals surface area contributed by atoms with Gasteiger partial charge in [-0.25, -0.2) is 0 Å². The zero-order valence-corrected chi connectivity index (χ0v) is 21.5. The van der Waals surface area contributed by atoms with Gasteiger partial charge in [-0.15, -0.1) is 0 Å². The molecule has 1 aliphatic heterocycles. The third-order valence-corrected chi connectivity index (χ3v) is 6.32. The number of ketones is 1. The molecular formula is C27H39ClN2O2. The summed E-state index contributed by atoms with van der Waals surface area (Å²) in [5.74, 6) is 0.204. The van der Waals surface area contributed by atoms with Crippen molar-refractivity contribution < 1.29 is 9.59 Å². The third kappa shape index (κ3) is 7.67. The van der Waals surface area contributed by atoms with Gasteiger partial charge in [0.15, 0.2) is 5.78 Å². The molecule has 2 atom stereocenters. The number of nitrogens with one attached hydrogen (secondary N) is 1. The summed E-state index contributed by atoms with van der Waals surface area (Å²) in [6, 6.07) is 8.32. The molecule has 1 heterocycles. The van der Waals surface area contributed by atoms with Crippen molar-refractivity contribution >= 4 is 23.3 Å². The normalized spacial score (nSPS) is 18.9. The first kappa shape index (κ1) is 27.7. The summed E-state index contributed by atoms with van der Waals surface area (Å²) in [5, 5.41) is 4.26. The lowest BCUT2D eigenvalue weighted by Gasteiger charge is -2.27. The summed E-state index contributed by atoms with van der Waals surface area (Å²) in [5.41, 5.74) is 3.87. The van der Waals surface area contributed by atoms with Crippen LogP contribution in [0.15, 0.2) is 59.8 Å². The van der Waals surface area contributed by atoms with Gasteiger partial charge in [-0.3, -0.25) is 9.59 Å². The Bertz CT molecular complexity index is 870. The van der Waals surface area contributed by atoms with Crippen LogP contribution in [0.2, 0.25) is 5.02 Å². The van der Waals surface area contributed by atoms with Crippen LogP contribution in [0, 0.1) is 0 Å². The van der Waals surface area contributed by atoms with Gasteiger partial charge in [0.05, 0.1) is 5.54 Å². The predicted octanol–water partition coefficient (Wildman–Crippen LogP) is 6.57. The van der Waals surface area contributed by atoms with Gasteiger partial charge in [0.2, 0.25) is 5.91 Å². The molecule has 176 valence electrons. The van der Waals surface area contributed by atoms with Gasteiger partial charge in [-0.1, -0.05) is 56.7 Å². The Morgan fingerprint density at radius 1 is 1.25 bits per heavy atom. The van der Waals surface area contributed by atoms with Crippen LogP contribution < -0.4 is 5.32 Å². The zero-order chi connectivity index (χ0) is 24.5. The molecule has 0 bridgehead atoms. The Morgan fingerprint density at radius 2 is 1.84 bits per heavy atom. The number of carbonyl (C=O) groups excluding carboxylic acids is 2. The highest BCUT2D eigenvalue weighted by Gasteiger charge is 2.33. The molecule has 1 amide bonds. The molecule has 0 aliphatic carbocycles. The summed E-state index contributed by atoms with van der Waals surface area (Å²) in [6.07, 6.45) is 7.69. The molecule has 0 fully saturated rings. The van der Waals surface area contributed by atoms with E-state index in [1.807, 2.05) is 49.2 Å². The summed E-state index contributed by atoms with van der Waals surface area (Å²) in [6.45, 7) is 15.4. The van der Waals surface area contributed by atoms with Gasteiger partial charge in [-0.05, 0) is 63.0 Å². The maximum atomic E-state index is 11.5. The Morgan fingerprint density at radius 3 is 2.28 bits per heavy atom. The third-order valence-electron chi connectivity index (χ3n) is 6.06. The van der Waals surface area contributed by atoms with Crippen LogP contribution in [-0.4, -0.2) is 29.7 Å². The van der Waals surface area contributed by atoms with E-state index in [2.05, 4.69) is 32.7 Å². The number of benzene rings is 1. The largest absolute Gasteiger partial charge is 0.379 e. The van der Waals surface area contributed by atoms with Gasteiger partial charge in [-0.2, -0.15) is 0 Å². The Balaban J connectivity index is 0.000000396. The van der Waals surface area contributed by atoms with Crippen molar-refractivity contribution in [3.05, 3.63) is 70.4 Å². The molecule has 0 saturated carbocycles. The lowest BCUT2D eigenvalue weighted by Crippen LogP contribution is -2.34. The van der Waals surface area contributed by atoms with Crippen molar-refractivity contribution in [3.63, 3.8) is 0 Å². The van der Waals surface area contributed by atoms with Crippen LogP contribution in [0.25, 0.3) is 0 Å². The van der Waals surface area contributed by atoms with Crippen LogP contribution >= 0.6 is 11.6 Å². The van der Waals surface area contributed by atoms with Crippen LogP contribution in [0.3, 0.4) is 0 Å². The van der Waals surface area contributed by atoms with Crippen molar-refractivity contribution in [2.24, 2.45) is 0 Å². The van der Waals surface area contributed by atoms with E-state index in [4.69, 9.17) is 11.6 Å². The number of rotatable bonds is 8. The number of hydrogen-bond acceptors (Lipinski definition) is 3. The van der Waals surface area contributed by atoms with Gasteiger partial charge in [0.1, 0.15) is 0 Å². The van der Waals surface area contributed by atoms with Crippen LogP contribution in [0.1, 0.15) is 72.8 Å². The van der Waals surface area contributed by atoms with E-state index < -0.39 is 0 Å². The SMILES string of the molecule is C=C/C(=C\C1=C(C)N[C@@](C)(c2ccc(Cl)cc2)C1)C(C)=O.CCC[C@@H](CC)N(C)C(C)=O. The summed E-state index contributed by atoms with van der Waals surface area (Å²) >= 11 is 5.95. The zero-order valence-electron chi connectivity index (χ0n) is 20.7. The van der Waals surface area contributed by atoms with Gasteiger partial charge in [0, 0.05) is 42.7 Å². The first-order chi connectivity index (χ1) is 15.0. The monoisotopic (exact) mass is 458 g/mol. The Labute approximate surface area is 199 Å². The summed E-state index contributed by atoms with van der Waals surface area (Å²) in [4.78, 5) is 24.3. The average Bonchev–Trinajstić information content (AvgIpc) is 3.04. The van der Waals surface area contributed by atoms with E-state index >= 15 is 0 Å². The van der Waals surface area contributed by atoms with E-state index in [-0.39, 0.29) is 17.2 Å². The molecule has 0 radical (unpaired) electrons. The van der Waals surface area contributed by atoms with Crippen LogP contribution in [0.4, 0.5) is 0 Å². The quantitative estimate of drug-likeness (QED) is 0.354. The highest BCUT2D eigenvalue weighted by molar-refractivity contribution is 6.30. The molecule has 32 heavy (non-hydrogen) atoms. The summed E-state index contributed by atoms with van der Waals surface area (Å²) in [7, 11) is 1.88. The highest BCUT2D eigenvalue weighted by Crippen LogP contribution is 2.37. The smallest absolute Gasteiger partial charge is 0.219 e. The minimum Gasteiger partial charge on any atom is -0.379 e. The number of hydrogen-bond donors (Lipinski definition) is 1. The highest BCUT2D eigenvalue weighted by atomic mass is 35.5. The van der Waals surface area contributed by atoms with Crippen molar-refractivity contribution in [3.8, 4) is 0 Å². The minimum absolute atomic E-state index is 0.0328. The number of carbonyl (C=O) groups is 2. The van der Waals surface area contributed by atoms with E-state index in [0.717, 1.165) is 42.0 Å². The van der Waals surface area contributed by atoms with Gasteiger partial charge >= 0.3 is 0 Å².